The number of aromatic hydroxyl groups is 1. The van der Waals surface area contributed by atoms with Gasteiger partial charge < -0.3 is 20.4 Å². The minimum absolute atomic E-state index is 0.00642. The topological polar surface area (TPSA) is 129 Å². The van der Waals surface area contributed by atoms with Crippen LogP contribution in [-0.2, 0) is 11.3 Å². The quantitative estimate of drug-likeness (QED) is 0.512. The minimum atomic E-state index is -0.855. The molecule has 0 spiro atoms. The van der Waals surface area contributed by atoms with Crippen LogP contribution in [0.5, 0.6) is 5.88 Å². The minimum Gasteiger partial charge on any atom is -0.492 e. The first kappa shape index (κ1) is 25.0. The molecule has 2 aromatic rings. The van der Waals surface area contributed by atoms with Crippen molar-refractivity contribution < 1.29 is 19.8 Å². The Morgan fingerprint density at radius 1 is 1.26 bits per heavy atom. The molecule has 0 bridgehead atoms. The van der Waals surface area contributed by atoms with Gasteiger partial charge in [-0.2, -0.15) is 9.61 Å². The Labute approximate surface area is 204 Å². The van der Waals surface area contributed by atoms with E-state index in [0.717, 1.165) is 19.3 Å². The van der Waals surface area contributed by atoms with Gasteiger partial charge >= 0.3 is 0 Å². The first-order valence-electron chi connectivity index (χ1n) is 12.2. The molecule has 0 unspecified atom stereocenters. The number of nitrogens with zero attached hydrogens (tertiary/aromatic N) is 4. The highest BCUT2D eigenvalue weighted by atomic mass is 16.3. The molecule has 2 aromatic heterocycles. The van der Waals surface area contributed by atoms with E-state index < -0.39 is 22.9 Å². The van der Waals surface area contributed by atoms with E-state index in [2.05, 4.69) is 10.4 Å². The summed E-state index contributed by atoms with van der Waals surface area (Å²) in [7, 11) is 0. The summed E-state index contributed by atoms with van der Waals surface area (Å²) in [6.07, 6.45) is 5.48. The number of rotatable bonds is 7. The van der Waals surface area contributed by atoms with Crippen molar-refractivity contribution in [2.75, 3.05) is 13.1 Å². The zero-order chi connectivity index (χ0) is 25.7. The Kier molecular flexibility index (Phi) is 6.52. The number of aliphatic hydroxyl groups is 1. The number of carbonyl (C=O) groups is 2. The van der Waals surface area contributed by atoms with E-state index in [9.17, 15) is 24.6 Å². The third kappa shape index (κ3) is 4.98. The molecule has 10 heteroatoms. The predicted octanol–water partition coefficient (Wildman–Crippen LogP) is 1.69. The molecule has 2 fully saturated rings. The van der Waals surface area contributed by atoms with Crippen molar-refractivity contribution in [1.82, 2.24) is 24.4 Å². The molecule has 0 aromatic carbocycles. The van der Waals surface area contributed by atoms with Crippen molar-refractivity contribution in [3.8, 4) is 5.88 Å². The van der Waals surface area contributed by atoms with E-state index in [1.165, 1.54) is 15.2 Å². The fourth-order valence-corrected chi connectivity index (χ4v) is 4.58. The molecule has 1 atom stereocenters. The van der Waals surface area contributed by atoms with Gasteiger partial charge in [-0.3, -0.25) is 19.0 Å². The van der Waals surface area contributed by atoms with Crippen molar-refractivity contribution >= 4 is 23.5 Å². The second-order valence-corrected chi connectivity index (χ2v) is 10.7. The fourth-order valence-electron chi connectivity index (χ4n) is 4.58. The van der Waals surface area contributed by atoms with Crippen LogP contribution in [0.25, 0.3) is 11.7 Å². The highest BCUT2D eigenvalue weighted by Crippen LogP contribution is 2.28. The second-order valence-electron chi connectivity index (χ2n) is 10.7. The number of amides is 2. The molecule has 1 saturated heterocycles. The van der Waals surface area contributed by atoms with Crippen LogP contribution in [0.3, 0.4) is 0 Å². The number of likely N-dealkylation sites (tertiary alicyclic amines) is 1. The van der Waals surface area contributed by atoms with Gasteiger partial charge in [0.05, 0.1) is 11.3 Å². The molecule has 35 heavy (non-hydrogen) atoms. The van der Waals surface area contributed by atoms with E-state index in [1.54, 1.807) is 31.7 Å². The summed E-state index contributed by atoms with van der Waals surface area (Å²) in [5.74, 6) is -1.22. The van der Waals surface area contributed by atoms with Crippen LogP contribution < -0.4 is 10.9 Å². The average molecular weight is 486 g/mol. The zero-order valence-corrected chi connectivity index (χ0v) is 21.0. The lowest BCUT2D eigenvalue weighted by Crippen LogP contribution is -2.36. The number of hydrogen-bond acceptors (Lipinski definition) is 6. The van der Waals surface area contributed by atoms with Crippen LogP contribution in [-0.4, -0.2) is 65.8 Å². The van der Waals surface area contributed by atoms with Crippen LogP contribution in [0.1, 0.15) is 68.6 Å². The van der Waals surface area contributed by atoms with Crippen molar-refractivity contribution in [2.24, 2.45) is 11.8 Å². The lowest BCUT2D eigenvalue weighted by Gasteiger charge is -2.25. The highest BCUT2D eigenvalue weighted by molar-refractivity contribution is 5.97. The predicted molar refractivity (Wildman–Crippen MR) is 131 cm³/mol. The normalized spacial score (nSPS) is 18.8. The Morgan fingerprint density at radius 3 is 2.51 bits per heavy atom. The summed E-state index contributed by atoms with van der Waals surface area (Å²) in [6.45, 7) is 10.5. The second kappa shape index (κ2) is 9.14. The molecular formula is C25H35N5O5. The first-order valence-corrected chi connectivity index (χ1v) is 12.2. The van der Waals surface area contributed by atoms with Gasteiger partial charge in [-0.25, -0.2) is 0 Å². The monoisotopic (exact) mass is 485 g/mol. The summed E-state index contributed by atoms with van der Waals surface area (Å²) in [5.41, 5.74) is -0.396. The fraction of sp³-hybridized carbons (Fsp3) is 0.600. The summed E-state index contributed by atoms with van der Waals surface area (Å²) >= 11 is 0. The van der Waals surface area contributed by atoms with Gasteiger partial charge in [0.2, 0.25) is 11.8 Å². The summed E-state index contributed by atoms with van der Waals surface area (Å²) in [5, 5.41) is 28.3. The van der Waals surface area contributed by atoms with Gasteiger partial charge in [0, 0.05) is 43.2 Å². The van der Waals surface area contributed by atoms with E-state index in [1.807, 2.05) is 13.8 Å². The summed E-state index contributed by atoms with van der Waals surface area (Å²) in [6, 6.07) is 0.0287. The lowest BCUT2D eigenvalue weighted by molar-refractivity contribution is -0.125. The lowest BCUT2D eigenvalue weighted by atomic mass is 9.90. The summed E-state index contributed by atoms with van der Waals surface area (Å²) in [4.78, 5) is 40.7. The average Bonchev–Trinajstić information content (AvgIpc) is 3.29. The standard InChI is InChI=1S/C25H35N5O5/c1-14(2)12-29-22-18(8-9-19(31)28-11-10-16(13-28)25(4,5)35)15(3)27-30(22)24(34)20(23(29)33)21(32)26-17-6-7-17/h8-9,14,16-17,34-35H,6-7,10-13H2,1-5H3,(H,26,32)/b9-8+/t16-/m1/s1. The van der Waals surface area contributed by atoms with Gasteiger partial charge in [-0.15, -0.1) is 0 Å². The highest BCUT2D eigenvalue weighted by Gasteiger charge is 2.35. The Morgan fingerprint density at radius 2 is 1.94 bits per heavy atom. The number of aromatic nitrogens is 3. The van der Waals surface area contributed by atoms with Gasteiger partial charge in [-0.1, -0.05) is 13.8 Å². The Bertz CT molecular complexity index is 1250. The smallest absolute Gasteiger partial charge is 0.270 e. The number of hydrogen-bond donors (Lipinski definition) is 3. The van der Waals surface area contributed by atoms with Crippen LogP contribution >= 0.6 is 0 Å². The van der Waals surface area contributed by atoms with E-state index in [0.29, 0.717) is 36.5 Å². The molecule has 3 N–H and O–H groups in total. The van der Waals surface area contributed by atoms with Crippen LogP contribution in [0.2, 0.25) is 0 Å². The molecular weight excluding hydrogens is 450 g/mol. The zero-order valence-electron chi connectivity index (χ0n) is 21.0. The Hall–Kier alpha value is -3.14. The van der Waals surface area contributed by atoms with Gasteiger partial charge in [0.25, 0.3) is 11.5 Å². The number of aryl methyl sites for hydroxylation is 1. The number of fused-ring (bicyclic) bond motifs is 1. The third-order valence-electron chi connectivity index (χ3n) is 6.80. The largest absolute Gasteiger partial charge is 0.492 e. The molecule has 4 rings (SSSR count). The summed E-state index contributed by atoms with van der Waals surface area (Å²) < 4.78 is 2.67. The maximum absolute atomic E-state index is 13.4. The maximum atomic E-state index is 13.4. The maximum Gasteiger partial charge on any atom is 0.270 e. The van der Waals surface area contributed by atoms with E-state index in [-0.39, 0.29) is 29.3 Å². The van der Waals surface area contributed by atoms with Gasteiger partial charge in [-0.05, 0) is 52.0 Å². The van der Waals surface area contributed by atoms with Crippen LogP contribution in [0.4, 0.5) is 0 Å². The molecule has 1 aliphatic carbocycles. The van der Waals surface area contributed by atoms with Crippen molar-refractivity contribution in [1.29, 1.82) is 0 Å². The van der Waals surface area contributed by atoms with Crippen LogP contribution in [0, 0.1) is 18.8 Å². The molecule has 2 aliphatic rings. The van der Waals surface area contributed by atoms with E-state index >= 15 is 0 Å². The van der Waals surface area contributed by atoms with Crippen molar-refractivity contribution in [3.05, 3.63) is 33.3 Å². The van der Waals surface area contributed by atoms with Crippen molar-refractivity contribution in [3.63, 3.8) is 0 Å². The number of carbonyl (C=O) groups excluding carboxylic acids is 2. The molecule has 1 aliphatic heterocycles. The molecule has 10 nitrogen and oxygen atoms in total. The van der Waals surface area contributed by atoms with Gasteiger partial charge in [0.1, 0.15) is 5.65 Å². The molecule has 190 valence electrons. The van der Waals surface area contributed by atoms with E-state index in [4.69, 9.17) is 0 Å². The Balaban J connectivity index is 1.73. The molecule has 3 heterocycles. The first-order chi connectivity index (χ1) is 16.4. The molecule has 2 amide bonds. The van der Waals surface area contributed by atoms with Crippen LogP contribution in [0.15, 0.2) is 10.9 Å². The molecule has 1 saturated carbocycles. The number of nitrogens with one attached hydrogen (secondary N) is 1. The van der Waals surface area contributed by atoms with Crippen molar-refractivity contribution in [2.45, 2.75) is 72.1 Å². The molecule has 0 radical (unpaired) electrons. The van der Waals surface area contributed by atoms with Gasteiger partial charge in [0.15, 0.2) is 5.56 Å². The SMILES string of the molecule is Cc1nn2c(O)c(C(=O)NC3CC3)c(=O)n(CC(C)C)c2c1/C=C/C(=O)N1CC[C@@H](C(C)(C)O)C1. The third-order valence-corrected chi connectivity index (χ3v) is 6.80.